The molecular weight excluding hydrogens is 260 g/mol. The average Bonchev–Trinajstić information content (AvgIpc) is 2.97. The molecule has 1 aromatic heterocycles. The highest BCUT2D eigenvalue weighted by molar-refractivity contribution is 4.96. The molecule has 0 amide bonds. The minimum atomic E-state index is 0.533. The van der Waals surface area contributed by atoms with Gasteiger partial charge in [-0.05, 0) is 6.42 Å². The molecule has 0 radical (unpaired) electrons. The number of unbranched alkanes of at least 4 members (excludes halogenated alkanes) is 6. The Morgan fingerprint density at radius 2 is 1.90 bits per heavy atom. The summed E-state index contributed by atoms with van der Waals surface area (Å²) in [5, 5.41) is 0. The third-order valence-corrected chi connectivity index (χ3v) is 4.70. The fraction of sp³-hybridized carbons (Fsp3) is 0.824. The van der Waals surface area contributed by atoms with Gasteiger partial charge in [-0.2, -0.15) is 0 Å². The Kier molecular flexibility index (Phi) is 7.24. The molecule has 0 fully saturated rings. The Balaban J connectivity index is 1.64. The smallest absolute Gasteiger partial charge is 0.122 e. The summed E-state index contributed by atoms with van der Waals surface area (Å²) in [6.07, 6.45) is 14.8. The highest BCUT2D eigenvalue weighted by Crippen LogP contribution is 2.17. The SMILES string of the molecule is CCCCCCCCCC(CN)N1CCn2ccnc2C1. The molecular formula is C17H32N4. The summed E-state index contributed by atoms with van der Waals surface area (Å²) >= 11 is 0. The van der Waals surface area contributed by atoms with E-state index >= 15 is 0 Å². The summed E-state index contributed by atoms with van der Waals surface area (Å²) in [7, 11) is 0. The number of rotatable bonds is 10. The molecule has 1 unspecified atom stereocenters. The van der Waals surface area contributed by atoms with Gasteiger partial charge >= 0.3 is 0 Å². The quantitative estimate of drug-likeness (QED) is 0.674. The first-order chi connectivity index (χ1) is 10.3. The molecule has 2 N–H and O–H groups in total. The van der Waals surface area contributed by atoms with E-state index in [1.165, 1.54) is 57.2 Å². The van der Waals surface area contributed by atoms with Crippen LogP contribution in [-0.2, 0) is 13.1 Å². The lowest BCUT2D eigenvalue weighted by Gasteiger charge is -2.34. The lowest BCUT2D eigenvalue weighted by atomic mass is 10.0. The first-order valence-corrected chi connectivity index (χ1v) is 8.79. The molecule has 0 spiro atoms. The summed E-state index contributed by atoms with van der Waals surface area (Å²) in [6.45, 7) is 6.18. The Bertz CT molecular complexity index is 388. The number of hydrogen-bond donors (Lipinski definition) is 1. The van der Waals surface area contributed by atoms with Gasteiger partial charge in [0.25, 0.3) is 0 Å². The highest BCUT2D eigenvalue weighted by atomic mass is 15.3. The van der Waals surface area contributed by atoms with Crippen LogP contribution in [-0.4, -0.2) is 33.6 Å². The molecule has 0 aliphatic carbocycles. The van der Waals surface area contributed by atoms with Crippen LogP contribution < -0.4 is 5.73 Å². The molecule has 1 aliphatic rings. The number of fused-ring (bicyclic) bond motifs is 1. The minimum Gasteiger partial charge on any atom is -0.333 e. The van der Waals surface area contributed by atoms with E-state index in [4.69, 9.17) is 5.73 Å². The van der Waals surface area contributed by atoms with E-state index in [2.05, 4.69) is 27.6 Å². The van der Waals surface area contributed by atoms with Crippen LogP contribution in [0, 0.1) is 0 Å². The lowest BCUT2D eigenvalue weighted by molar-refractivity contribution is 0.146. The van der Waals surface area contributed by atoms with E-state index in [1.54, 1.807) is 0 Å². The van der Waals surface area contributed by atoms with Crippen molar-refractivity contribution in [2.75, 3.05) is 13.1 Å². The van der Waals surface area contributed by atoms with Crippen molar-refractivity contribution in [2.24, 2.45) is 5.73 Å². The molecule has 21 heavy (non-hydrogen) atoms. The summed E-state index contributed by atoms with van der Waals surface area (Å²) < 4.78 is 2.26. The average molecular weight is 292 g/mol. The maximum Gasteiger partial charge on any atom is 0.122 e. The van der Waals surface area contributed by atoms with Crippen LogP contribution in [0.15, 0.2) is 12.4 Å². The third kappa shape index (κ3) is 5.11. The molecule has 0 bridgehead atoms. The van der Waals surface area contributed by atoms with Crippen LogP contribution in [0.3, 0.4) is 0 Å². The van der Waals surface area contributed by atoms with Crippen LogP contribution >= 0.6 is 0 Å². The Morgan fingerprint density at radius 1 is 1.14 bits per heavy atom. The zero-order chi connectivity index (χ0) is 14.9. The van der Waals surface area contributed by atoms with Crippen LogP contribution in [0.25, 0.3) is 0 Å². The zero-order valence-electron chi connectivity index (χ0n) is 13.6. The van der Waals surface area contributed by atoms with Gasteiger partial charge in [0.05, 0.1) is 6.54 Å². The topological polar surface area (TPSA) is 47.1 Å². The highest BCUT2D eigenvalue weighted by Gasteiger charge is 2.22. The van der Waals surface area contributed by atoms with Gasteiger partial charge < -0.3 is 10.3 Å². The van der Waals surface area contributed by atoms with Crippen molar-refractivity contribution in [3.63, 3.8) is 0 Å². The van der Waals surface area contributed by atoms with Crippen LogP contribution in [0.1, 0.15) is 64.1 Å². The molecule has 2 rings (SSSR count). The molecule has 1 aromatic rings. The van der Waals surface area contributed by atoms with Gasteiger partial charge in [0.1, 0.15) is 5.82 Å². The monoisotopic (exact) mass is 292 g/mol. The van der Waals surface area contributed by atoms with Gasteiger partial charge in [0.2, 0.25) is 0 Å². The Hall–Kier alpha value is -0.870. The first-order valence-electron chi connectivity index (χ1n) is 8.79. The van der Waals surface area contributed by atoms with E-state index in [0.29, 0.717) is 6.04 Å². The Labute approximate surface area is 129 Å². The Morgan fingerprint density at radius 3 is 2.67 bits per heavy atom. The van der Waals surface area contributed by atoms with Gasteiger partial charge in [0, 0.05) is 38.1 Å². The second kappa shape index (κ2) is 9.21. The van der Waals surface area contributed by atoms with Crippen molar-refractivity contribution in [2.45, 2.75) is 77.4 Å². The molecule has 1 aliphatic heterocycles. The third-order valence-electron chi connectivity index (χ3n) is 4.70. The van der Waals surface area contributed by atoms with Crippen LogP contribution in [0.5, 0.6) is 0 Å². The van der Waals surface area contributed by atoms with E-state index in [0.717, 1.165) is 26.2 Å². The van der Waals surface area contributed by atoms with Crippen molar-refractivity contribution >= 4 is 0 Å². The second-order valence-corrected chi connectivity index (χ2v) is 6.31. The van der Waals surface area contributed by atoms with E-state index < -0.39 is 0 Å². The maximum atomic E-state index is 6.01. The standard InChI is InChI=1S/C17H32N4/c1-2-3-4-5-6-7-8-9-16(14-18)21-13-12-20-11-10-19-17(20)15-21/h10-11,16H,2-9,12-15,18H2,1H3. The zero-order valence-corrected chi connectivity index (χ0v) is 13.6. The number of aromatic nitrogens is 2. The number of nitrogens with two attached hydrogens (primary N) is 1. The van der Waals surface area contributed by atoms with Gasteiger partial charge in [-0.1, -0.05) is 51.9 Å². The molecule has 120 valence electrons. The largest absolute Gasteiger partial charge is 0.333 e. The predicted octanol–water partition coefficient (Wildman–Crippen LogP) is 3.17. The van der Waals surface area contributed by atoms with Crippen molar-refractivity contribution in [3.05, 3.63) is 18.2 Å². The van der Waals surface area contributed by atoms with Gasteiger partial charge in [-0.25, -0.2) is 4.98 Å². The van der Waals surface area contributed by atoms with E-state index in [1.807, 2.05) is 6.20 Å². The minimum absolute atomic E-state index is 0.533. The van der Waals surface area contributed by atoms with Crippen LogP contribution in [0.2, 0.25) is 0 Å². The fourth-order valence-corrected chi connectivity index (χ4v) is 3.29. The second-order valence-electron chi connectivity index (χ2n) is 6.31. The normalized spacial score (nSPS) is 16.9. The summed E-state index contributed by atoms with van der Waals surface area (Å²) in [5.41, 5.74) is 6.01. The van der Waals surface area contributed by atoms with E-state index in [-0.39, 0.29) is 0 Å². The summed E-state index contributed by atoms with van der Waals surface area (Å²) in [6, 6.07) is 0.533. The molecule has 2 heterocycles. The molecule has 0 saturated carbocycles. The fourth-order valence-electron chi connectivity index (χ4n) is 3.29. The number of imidazole rings is 1. The van der Waals surface area contributed by atoms with Crippen LogP contribution in [0.4, 0.5) is 0 Å². The molecule has 0 saturated heterocycles. The summed E-state index contributed by atoms with van der Waals surface area (Å²) in [5.74, 6) is 1.19. The van der Waals surface area contributed by atoms with Gasteiger partial charge in [-0.3, -0.25) is 4.90 Å². The summed E-state index contributed by atoms with van der Waals surface area (Å²) in [4.78, 5) is 6.97. The number of hydrogen-bond acceptors (Lipinski definition) is 3. The van der Waals surface area contributed by atoms with Crippen molar-refractivity contribution < 1.29 is 0 Å². The number of nitrogens with zero attached hydrogens (tertiary/aromatic N) is 3. The van der Waals surface area contributed by atoms with Crippen molar-refractivity contribution in [3.8, 4) is 0 Å². The predicted molar refractivity (Wildman–Crippen MR) is 88.1 cm³/mol. The molecule has 4 nitrogen and oxygen atoms in total. The van der Waals surface area contributed by atoms with Gasteiger partial charge in [0.15, 0.2) is 0 Å². The first kappa shape index (κ1) is 16.5. The van der Waals surface area contributed by atoms with E-state index in [9.17, 15) is 0 Å². The molecule has 0 aromatic carbocycles. The lowest BCUT2D eigenvalue weighted by Crippen LogP contribution is -2.44. The maximum absolute atomic E-state index is 6.01. The van der Waals surface area contributed by atoms with Crippen molar-refractivity contribution in [1.29, 1.82) is 0 Å². The van der Waals surface area contributed by atoms with Crippen molar-refractivity contribution in [1.82, 2.24) is 14.5 Å². The molecule has 4 heteroatoms. The van der Waals surface area contributed by atoms with Gasteiger partial charge in [-0.15, -0.1) is 0 Å². The molecule has 1 atom stereocenters.